The number of hydrogen-bond donors (Lipinski definition) is 1. The minimum atomic E-state index is -0.168. The van der Waals surface area contributed by atoms with Crippen LogP contribution in [0.1, 0.15) is 31.4 Å². The number of likely N-dealkylation sites (tertiary alicyclic amines) is 1. The zero-order valence-corrected chi connectivity index (χ0v) is 10.6. The summed E-state index contributed by atoms with van der Waals surface area (Å²) in [5, 5.41) is 3.62. The summed E-state index contributed by atoms with van der Waals surface area (Å²) >= 11 is 0. The van der Waals surface area contributed by atoms with Gasteiger partial charge < -0.3 is 10.2 Å². The highest BCUT2D eigenvalue weighted by atomic mass is 19.1. The Morgan fingerprint density at radius 3 is 2.71 bits per heavy atom. The average Bonchev–Trinajstić information content (AvgIpc) is 2.29. The smallest absolute Gasteiger partial charge is 0.123 e. The van der Waals surface area contributed by atoms with E-state index in [2.05, 4.69) is 24.2 Å². The van der Waals surface area contributed by atoms with Crippen molar-refractivity contribution in [1.82, 2.24) is 10.2 Å². The summed E-state index contributed by atoms with van der Waals surface area (Å²) in [6.07, 6.45) is 2.49. The normalized spacial score (nSPS) is 23.6. The molecule has 0 bridgehead atoms. The van der Waals surface area contributed by atoms with Crippen LogP contribution in [0.25, 0.3) is 0 Å². The molecule has 1 unspecified atom stereocenters. The molecule has 17 heavy (non-hydrogen) atoms. The van der Waals surface area contributed by atoms with Crippen LogP contribution in [0, 0.1) is 5.82 Å². The van der Waals surface area contributed by atoms with Crippen LogP contribution in [0.2, 0.25) is 0 Å². The van der Waals surface area contributed by atoms with Gasteiger partial charge >= 0.3 is 0 Å². The second-order valence-corrected chi connectivity index (χ2v) is 5.04. The highest BCUT2D eigenvalue weighted by molar-refractivity contribution is 5.19. The molecule has 3 heteroatoms. The molecular formula is C14H21FN2. The van der Waals surface area contributed by atoms with Crippen LogP contribution in [-0.2, 0) is 0 Å². The fourth-order valence-electron chi connectivity index (χ4n) is 2.50. The first-order valence-electron chi connectivity index (χ1n) is 6.35. The van der Waals surface area contributed by atoms with Crippen molar-refractivity contribution in [3.8, 4) is 0 Å². The summed E-state index contributed by atoms with van der Waals surface area (Å²) in [6, 6.07) is 7.61. The molecule has 1 aliphatic rings. The van der Waals surface area contributed by atoms with Crippen molar-refractivity contribution in [3.63, 3.8) is 0 Å². The van der Waals surface area contributed by atoms with Gasteiger partial charge in [0.05, 0.1) is 0 Å². The first kappa shape index (κ1) is 12.5. The molecule has 94 valence electrons. The Labute approximate surface area is 103 Å². The Hall–Kier alpha value is -0.930. The van der Waals surface area contributed by atoms with Gasteiger partial charge in [-0.2, -0.15) is 0 Å². The second kappa shape index (κ2) is 5.61. The summed E-state index contributed by atoms with van der Waals surface area (Å²) in [4.78, 5) is 2.36. The van der Waals surface area contributed by atoms with E-state index in [-0.39, 0.29) is 11.9 Å². The van der Waals surface area contributed by atoms with Gasteiger partial charge in [0.1, 0.15) is 5.82 Å². The number of likely N-dealkylation sites (N-methyl/N-ethyl adjacent to an activating group) is 1. The maximum Gasteiger partial charge on any atom is 0.123 e. The topological polar surface area (TPSA) is 15.3 Å². The summed E-state index contributed by atoms with van der Waals surface area (Å²) < 4.78 is 12.8. The third-order valence-electron chi connectivity index (χ3n) is 3.48. The van der Waals surface area contributed by atoms with Crippen LogP contribution in [0.15, 0.2) is 24.3 Å². The van der Waals surface area contributed by atoms with Crippen LogP contribution in [-0.4, -0.2) is 31.1 Å². The van der Waals surface area contributed by atoms with E-state index in [1.54, 1.807) is 0 Å². The largest absolute Gasteiger partial charge is 0.306 e. The quantitative estimate of drug-likeness (QED) is 0.867. The van der Waals surface area contributed by atoms with Crippen molar-refractivity contribution >= 4 is 0 Å². The molecule has 0 aromatic heterocycles. The first-order valence-corrected chi connectivity index (χ1v) is 6.35. The van der Waals surface area contributed by atoms with Crippen molar-refractivity contribution in [1.29, 1.82) is 0 Å². The first-order chi connectivity index (χ1) is 8.15. The number of piperidine rings is 1. The van der Waals surface area contributed by atoms with Crippen LogP contribution in [0.5, 0.6) is 0 Å². The minimum absolute atomic E-state index is 0.168. The molecule has 1 aromatic carbocycles. The van der Waals surface area contributed by atoms with Gasteiger partial charge in [0, 0.05) is 18.6 Å². The summed E-state index contributed by atoms with van der Waals surface area (Å²) in [7, 11) is 2.16. The minimum Gasteiger partial charge on any atom is -0.306 e. The van der Waals surface area contributed by atoms with Crippen molar-refractivity contribution in [3.05, 3.63) is 35.6 Å². The lowest BCUT2D eigenvalue weighted by molar-refractivity contribution is 0.218. The zero-order chi connectivity index (χ0) is 12.3. The van der Waals surface area contributed by atoms with Crippen LogP contribution in [0.4, 0.5) is 4.39 Å². The van der Waals surface area contributed by atoms with Gasteiger partial charge in [0.25, 0.3) is 0 Å². The fraction of sp³-hybridized carbons (Fsp3) is 0.571. The second-order valence-electron chi connectivity index (χ2n) is 5.04. The maximum absolute atomic E-state index is 12.8. The summed E-state index contributed by atoms with van der Waals surface area (Å²) in [5.74, 6) is -0.168. The molecule has 0 radical (unpaired) electrons. The number of hydrogen-bond acceptors (Lipinski definition) is 2. The Morgan fingerprint density at radius 2 is 2.06 bits per heavy atom. The lowest BCUT2D eigenvalue weighted by Gasteiger charge is -2.32. The number of nitrogens with one attached hydrogen (secondary N) is 1. The molecular weight excluding hydrogens is 215 g/mol. The Balaban J connectivity index is 1.91. The van der Waals surface area contributed by atoms with Gasteiger partial charge in [-0.25, -0.2) is 4.39 Å². The van der Waals surface area contributed by atoms with E-state index in [1.165, 1.54) is 31.5 Å². The van der Waals surface area contributed by atoms with Gasteiger partial charge in [-0.05, 0) is 51.1 Å². The molecule has 1 saturated heterocycles. The van der Waals surface area contributed by atoms with E-state index in [0.717, 1.165) is 12.1 Å². The molecule has 0 amide bonds. The van der Waals surface area contributed by atoms with Crippen molar-refractivity contribution in [2.75, 3.05) is 20.1 Å². The molecule has 2 rings (SSSR count). The molecule has 0 aliphatic carbocycles. The Morgan fingerprint density at radius 1 is 1.35 bits per heavy atom. The third-order valence-corrected chi connectivity index (χ3v) is 3.48. The van der Waals surface area contributed by atoms with E-state index in [9.17, 15) is 4.39 Å². The molecule has 1 heterocycles. The van der Waals surface area contributed by atoms with E-state index in [4.69, 9.17) is 0 Å². The lowest BCUT2D eigenvalue weighted by atomic mass is 10.0. The predicted molar refractivity (Wildman–Crippen MR) is 68.5 cm³/mol. The molecule has 1 fully saturated rings. The number of nitrogens with zero attached hydrogens (tertiary/aromatic N) is 1. The highest BCUT2D eigenvalue weighted by Crippen LogP contribution is 2.16. The van der Waals surface area contributed by atoms with Crippen molar-refractivity contribution < 1.29 is 4.39 Å². The van der Waals surface area contributed by atoms with E-state index in [1.807, 2.05) is 12.1 Å². The van der Waals surface area contributed by atoms with Crippen LogP contribution < -0.4 is 5.32 Å². The van der Waals surface area contributed by atoms with E-state index < -0.39 is 0 Å². The predicted octanol–water partition coefficient (Wildman–Crippen LogP) is 2.57. The SMILES string of the molecule is C[C@@H](NC1CCCN(C)C1)c1ccc(F)cc1. The van der Waals surface area contributed by atoms with Gasteiger partial charge in [0.2, 0.25) is 0 Å². The van der Waals surface area contributed by atoms with Crippen LogP contribution in [0.3, 0.4) is 0 Å². The van der Waals surface area contributed by atoms with Gasteiger partial charge in [0.15, 0.2) is 0 Å². The van der Waals surface area contributed by atoms with E-state index in [0.29, 0.717) is 6.04 Å². The summed E-state index contributed by atoms with van der Waals surface area (Å²) in [5.41, 5.74) is 1.15. The average molecular weight is 236 g/mol. The third kappa shape index (κ3) is 3.51. The number of halogens is 1. The molecule has 2 atom stereocenters. The standard InChI is InChI=1S/C14H21FN2/c1-11(12-5-7-13(15)8-6-12)16-14-4-3-9-17(2)10-14/h5-8,11,14,16H,3-4,9-10H2,1-2H3/t11-,14?/m1/s1. The highest BCUT2D eigenvalue weighted by Gasteiger charge is 2.19. The van der Waals surface area contributed by atoms with E-state index >= 15 is 0 Å². The zero-order valence-electron chi connectivity index (χ0n) is 10.6. The molecule has 2 nitrogen and oxygen atoms in total. The molecule has 1 aliphatic heterocycles. The Kier molecular flexibility index (Phi) is 4.13. The summed E-state index contributed by atoms with van der Waals surface area (Å²) in [6.45, 7) is 4.44. The fourth-order valence-corrected chi connectivity index (χ4v) is 2.50. The molecule has 0 spiro atoms. The van der Waals surface area contributed by atoms with Gasteiger partial charge in [-0.3, -0.25) is 0 Å². The Bertz CT molecular complexity index is 350. The lowest BCUT2D eigenvalue weighted by Crippen LogP contribution is -2.44. The maximum atomic E-state index is 12.8. The van der Waals surface area contributed by atoms with Gasteiger partial charge in [-0.15, -0.1) is 0 Å². The number of benzene rings is 1. The molecule has 1 N–H and O–H groups in total. The number of rotatable bonds is 3. The van der Waals surface area contributed by atoms with Crippen molar-refractivity contribution in [2.45, 2.75) is 31.8 Å². The van der Waals surface area contributed by atoms with Crippen LogP contribution >= 0.6 is 0 Å². The molecule has 0 saturated carbocycles. The molecule has 1 aromatic rings. The monoisotopic (exact) mass is 236 g/mol. The van der Waals surface area contributed by atoms with Gasteiger partial charge in [-0.1, -0.05) is 12.1 Å². The van der Waals surface area contributed by atoms with Crippen molar-refractivity contribution in [2.24, 2.45) is 0 Å².